The molecule has 2 N–H and O–H groups in total. The average Bonchev–Trinajstić information content (AvgIpc) is 2.77. The Morgan fingerprint density at radius 1 is 1.20 bits per heavy atom. The fourth-order valence-electron chi connectivity index (χ4n) is 2.31. The van der Waals surface area contributed by atoms with E-state index in [-0.39, 0.29) is 0 Å². The highest BCUT2D eigenvalue weighted by molar-refractivity contribution is 5.81. The van der Waals surface area contributed by atoms with E-state index < -0.39 is 0 Å². The Morgan fingerprint density at radius 3 is 2.85 bits per heavy atom. The molecule has 4 heteroatoms. The van der Waals surface area contributed by atoms with Gasteiger partial charge in [0.1, 0.15) is 18.1 Å². The van der Waals surface area contributed by atoms with Gasteiger partial charge in [-0.05, 0) is 30.7 Å². The van der Waals surface area contributed by atoms with Crippen molar-refractivity contribution in [2.45, 2.75) is 13.5 Å². The summed E-state index contributed by atoms with van der Waals surface area (Å²) in [7, 11) is 1.94. The number of benzene rings is 2. The van der Waals surface area contributed by atoms with Crippen LogP contribution in [0, 0.1) is 6.92 Å². The van der Waals surface area contributed by atoms with E-state index in [1.54, 1.807) is 0 Å². The van der Waals surface area contributed by atoms with Crippen LogP contribution in [0.25, 0.3) is 10.9 Å². The summed E-state index contributed by atoms with van der Waals surface area (Å²) in [6.45, 7) is 2.43. The first-order chi connectivity index (χ1) is 9.65. The molecule has 0 amide bonds. The number of nitrogens with zero attached hydrogens (tertiary/aromatic N) is 2. The van der Waals surface area contributed by atoms with Crippen LogP contribution >= 0.6 is 0 Å². The number of nitrogen functional groups attached to an aromatic ring is 1. The lowest BCUT2D eigenvalue weighted by Crippen LogP contribution is -2.01. The molecule has 0 aliphatic rings. The van der Waals surface area contributed by atoms with Crippen molar-refractivity contribution in [2.75, 3.05) is 5.73 Å². The van der Waals surface area contributed by atoms with Gasteiger partial charge in [0.15, 0.2) is 0 Å². The van der Waals surface area contributed by atoms with E-state index in [1.165, 1.54) is 0 Å². The third kappa shape index (κ3) is 2.20. The molecule has 0 saturated carbocycles. The molecule has 20 heavy (non-hydrogen) atoms. The van der Waals surface area contributed by atoms with Gasteiger partial charge in [-0.3, -0.25) is 4.68 Å². The molecule has 0 spiro atoms. The lowest BCUT2D eigenvalue weighted by Gasteiger charge is -2.08. The number of hydrogen-bond acceptors (Lipinski definition) is 3. The fourth-order valence-corrected chi connectivity index (χ4v) is 2.31. The van der Waals surface area contributed by atoms with Crippen LogP contribution < -0.4 is 10.5 Å². The highest BCUT2D eigenvalue weighted by Gasteiger charge is 2.09. The first-order valence-electron chi connectivity index (χ1n) is 6.54. The first-order valence-corrected chi connectivity index (χ1v) is 6.54. The zero-order valence-corrected chi connectivity index (χ0v) is 11.6. The second-order valence-corrected chi connectivity index (χ2v) is 4.92. The van der Waals surface area contributed by atoms with Crippen LogP contribution in [0.1, 0.15) is 11.3 Å². The van der Waals surface area contributed by atoms with Crippen LogP contribution in [-0.4, -0.2) is 9.78 Å². The zero-order chi connectivity index (χ0) is 14.1. The predicted octanol–water partition coefficient (Wildman–Crippen LogP) is 3.04. The van der Waals surface area contributed by atoms with E-state index in [4.69, 9.17) is 10.5 Å². The maximum absolute atomic E-state index is 5.92. The molecule has 2 aromatic carbocycles. The summed E-state index contributed by atoms with van der Waals surface area (Å²) in [5.74, 6) is 0.708. The predicted molar refractivity (Wildman–Crippen MR) is 80.6 cm³/mol. The van der Waals surface area contributed by atoms with Crippen LogP contribution in [0.2, 0.25) is 0 Å². The van der Waals surface area contributed by atoms with E-state index in [2.05, 4.69) is 11.2 Å². The molecule has 1 aromatic heterocycles. The largest absolute Gasteiger partial charge is 0.485 e. The third-order valence-corrected chi connectivity index (χ3v) is 3.37. The monoisotopic (exact) mass is 267 g/mol. The van der Waals surface area contributed by atoms with Crippen molar-refractivity contribution >= 4 is 16.6 Å². The van der Waals surface area contributed by atoms with Crippen molar-refractivity contribution in [3.8, 4) is 5.75 Å². The maximum Gasteiger partial charge on any atom is 0.143 e. The number of fused-ring (bicyclic) bond motifs is 1. The summed E-state index contributed by atoms with van der Waals surface area (Å²) >= 11 is 0. The Hall–Kier alpha value is -2.49. The van der Waals surface area contributed by atoms with Crippen LogP contribution in [0.5, 0.6) is 5.75 Å². The minimum absolute atomic E-state index is 0.412. The summed E-state index contributed by atoms with van der Waals surface area (Å²) in [5, 5.41) is 5.62. The summed E-state index contributed by atoms with van der Waals surface area (Å²) in [5.41, 5.74) is 9.72. The van der Waals surface area contributed by atoms with E-state index in [9.17, 15) is 0 Å². The minimum Gasteiger partial charge on any atom is -0.485 e. The molecular weight excluding hydrogens is 250 g/mol. The highest BCUT2D eigenvalue weighted by Crippen LogP contribution is 2.25. The fraction of sp³-hybridized carbons (Fsp3) is 0.188. The number of hydrogen-bond donors (Lipinski definition) is 1. The summed E-state index contributed by atoms with van der Waals surface area (Å²) in [4.78, 5) is 0. The van der Waals surface area contributed by atoms with Gasteiger partial charge in [0.25, 0.3) is 0 Å². The van der Waals surface area contributed by atoms with E-state index >= 15 is 0 Å². The highest BCUT2D eigenvalue weighted by atomic mass is 16.5. The molecule has 0 saturated heterocycles. The quantitative estimate of drug-likeness (QED) is 0.742. The van der Waals surface area contributed by atoms with Crippen molar-refractivity contribution in [2.24, 2.45) is 7.05 Å². The van der Waals surface area contributed by atoms with Crippen LogP contribution in [0.3, 0.4) is 0 Å². The molecule has 0 bridgehead atoms. The Balaban J connectivity index is 1.89. The summed E-state index contributed by atoms with van der Waals surface area (Å²) in [6, 6.07) is 13.9. The minimum atomic E-state index is 0.412. The van der Waals surface area contributed by atoms with Gasteiger partial charge in [-0.2, -0.15) is 5.10 Å². The molecule has 4 nitrogen and oxygen atoms in total. The van der Waals surface area contributed by atoms with Gasteiger partial charge in [-0.15, -0.1) is 0 Å². The molecule has 0 atom stereocenters. The number of ether oxygens (including phenoxy) is 1. The molecule has 3 aromatic rings. The van der Waals surface area contributed by atoms with Crippen molar-refractivity contribution in [1.29, 1.82) is 0 Å². The van der Waals surface area contributed by atoms with Gasteiger partial charge < -0.3 is 10.5 Å². The van der Waals surface area contributed by atoms with E-state index in [0.717, 1.165) is 22.2 Å². The van der Waals surface area contributed by atoms with Gasteiger partial charge in [0.05, 0.1) is 11.2 Å². The molecular formula is C16H17N3O. The number of aryl methyl sites for hydroxylation is 2. The number of para-hydroxylation sites is 1. The Morgan fingerprint density at radius 2 is 2.00 bits per heavy atom. The Kier molecular flexibility index (Phi) is 3.06. The number of rotatable bonds is 3. The Bertz CT molecular complexity index is 762. The molecule has 0 unspecified atom stereocenters. The third-order valence-electron chi connectivity index (χ3n) is 3.37. The van der Waals surface area contributed by atoms with Gasteiger partial charge in [0.2, 0.25) is 0 Å². The molecule has 0 fully saturated rings. The maximum atomic E-state index is 5.92. The van der Waals surface area contributed by atoms with Gasteiger partial charge in [0, 0.05) is 12.4 Å². The molecule has 1 heterocycles. The number of nitrogens with two attached hydrogens (primary N) is 1. The van der Waals surface area contributed by atoms with Gasteiger partial charge in [-0.25, -0.2) is 0 Å². The Labute approximate surface area is 117 Å². The zero-order valence-electron chi connectivity index (χ0n) is 11.6. The SMILES string of the molecule is Cc1ccc(N)c(OCc2nn(C)c3ccccc23)c1. The lowest BCUT2D eigenvalue weighted by atomic mass is 10.2. The average molecular weight is 267 g/mol. The van der Waals surface area contributed by atoms with E-state index in [1.807, 2.05) is 55.1 Å². The van der Waals surface area contributed by atoms with Crippen LogP contribution in [-0.2, 0) is 13.7 Å². The molecule has 0 aliphatic carbocycles. The number of aromatic nitrogens is 2. The topological polar surface area (TPSA) is 53.1 Å². The first kappa shape index (κ1) is 12.5. The second-order valence-electron chi connectivity index (χ2n) is 4.92. The van der Waals surface area contributed by atoms with Gasteiger partial charge >= 0.3 is 0 Å². The van der Waals surface area contributed by atoms with E-state index in [0.29, 0.717) is 18.0 Å². The second kappa shape index (κ2) is 4.89. The molecule has 3 rings (SSSR count). The van der Waals surface area contributed by atoms with Crippen molar-refractivity contribution in [1.82, 2.24) is 9.78 Å². The van der Waals surface area contributed by atoms with Crippen LogP contribution in [0.15, 0.2) is 42.5 Å². The summed E-state index contributed by atoms with van der Waals surface area (Å²) in [6.07, 6.45) is 0. The lowest BCUT2D eigenvalue weighted by molar-refractivity contribution is 0.303. The molecule has 0 aliphatic heterocycles. The van der Waals surface area contributed by atoms with Crippen LogP contribution in [0.4, 0.5) is 5.69 Å². The number of anilines is 1. The molecule has 0 radical (unpaired) electrons. The molecule has 102 valence electrons. The van der Waals surface area contributed by atoms with Crippen molar-refractivity contribution < 1.29 is 4.74 Å². The normalized spacial score (nSPS) is 10.9. The van der Waals surface area contributed by atoms with Crippen molar-refractivity contribution in [3.63, 3.8) is 0 Å². The van der Waals surface area contributed by atoms with Gasteiger partial charge in [-0.1, -0.05) is 24.3 Å². The standard InChI is InChI=1S/C16H17N3O/c1-11-7-8-13(17)16(9-11)20-10-14-12-5-3-4-6-15(12)19(2)18-14/h3-9H,10,17H2,1-2H3. The smallest absolute Gasteiger partial charge is 0.143 e. The summed E-state index contributed by atoms with van der Waals surface area (Å²) < 4.78 is 7.69. The van der Waals surface area contributed by atoms with Crippen molar-refractivity contribution in [3.05, 3.63) is 53.7 Å².